The van der Waals surface area contributed by atoms with E-state index in [1.165, 1.54) is 12.8 Å². The molecule has 0 saturated heterocycles. The lowest BCUT2D eigenvalue weighted by atomic mass is 10.0. The third-order valence-corrected chi connectivity index (χ3v) is 4.33. The Bertz CT molecular complexity index is 446. The fourth-order valence-electron chi connectivity index (χ4n) is 2.72. The Kier molecular flexibility index (Phi) is 5.88. The van der Waals surface area contributed by atoms with Crippen LogP contribution in [0.4, 0.5) is 0 Å². The van der Waals surface area contributed by atoms with Gasteiger partial charge in [0.05, 0.1) is 6.10 Å². The minimum absolute atomic E-state index is 0.268. The van der Waals surface area contributed by atoms with Crippen LogP contribution in [0.15, 0.2) is 18.2 Å². The number of hydrogen-bond donors (Lipinski definition) is 1. The topological polar surface area (TPSA) is 41.9 Å². The van der Waals surface area contributed by atoms with Gasteiger partial charge in [-0.25, -0.2) is 0 Å². The molecule has 21 heavy (non-hydrogen) atoms. The molecule has 0 saturated carbocycles. The Morgan fingerprint density at radius 3 is 2.48 bits per heavy atom. The highest BCUT2D eigenvalue weighted by Gasteiger charge is 2.19. The first-order valence-electron chi connectivity index (χ1n) is 7.97. The van der Waals surface area contributed by atoms with E-state index in [1.54, 1.807) is 0 Å². The van der Waals surface area contributed by atoms with Gasteiger partial charge in [-0.05, 0) is 30.2 Å². The van der Waals surface area contributed by atoms with Gasteiger partial charge in [-0.15, -0.1) is 0 Å². The summed E-state index contributed by atoms with van der Waals surface area (Å²) in [4.78, 5) is 2.33. The molecule has 4 nitrogen and oxygen atoms in total. The number of ether oxygens (including phenoxy) is 2. The molecular weight excluding hydrogens is 266 g/mol. The maximum atomic E-state index is 10.5. The molecule has 1 unspecified atom stereocenters. The van der Waals surface area contributed by atoms with Gasteiger partial charge in [-0.2, -0.15) is 0 Å². The van der Waals surface area contributed by atoms with E-state index in [0.29, 0.717) is 12.5 Å². The van der Waals surface area contributed by atoms with Crippen molar-refractivity contribution in [2.45, 2.75) is 39.7 Å². The number of nitrogens with zero attached hydrogens (tertiary/aromatic N) is 1. The fourth-order valence-corrected chi connectivity index (χ4v) is 2.72. The van der Waals surface area contributed by atoms with Crippen molar-refractivity contribution in [2.75, 3.05) is 26.4 Å². The lowest BCUT2D eigenvalue weighted by molar-refractivity contribution is 0.105. The smallest absolute Gasteiger partial charge is 0.231 e. The van der Waals surface area contributed by atoms with Gasteiger partial charge in [0.1, 0.15) is 0 Å². The standard InChI is InChI=1S/C17H27NO3/c1-4-13(5-2)10-18(6-3)11-15(19)14-7-8-16-17(9-14)21-12-20-16/h7-9,13,15,19H,4-6,10-12H2,1-3H3. The molecule has 1 N–H and O–H groups in total. The van der Waals surface area contributed by atoms with Crippen molar-refractivity contribution >= 4 is 0 Å². The van der Waals surface area contributed by atoms with Gasteiger partial charge in [-0.1, -0.05) is 39.7 Å². The fraction of sp³-hybridized carbons (Fsp3) is 0.647. The molecule has 0 spiro atoms. The maximum Gasteiger partial charge on any atom is 0.231 e. The van der Waals surface area contributed by atoms with Gasteiger partial charge in [0.2, 0.25) is 6.79 Å². The van der Waals surface area contributed by atoms with Crippen LogP contribution in [0.3, 0.4) is 0 Å². The van der Waals surface area contributed by atoms with Crippen molar-refractivity contribution in [1.29, 1.82) is 0 Å². The zero-order chi connectivity index (χ0) is 15.2. The number of aliphatic hydroxyl groups is 1. The van der Waals surface area contributed by atoms with E-state index in [4.69, 9.17) is 9.47 Å². The van der Waals surface area contributed by atoms with E-state index < -0.39 is 6.10 Å². The molecule has 1 aliphatic heterocycles. The third kappa shape index (κ3) is 4.11. The molecule has 0 fully saturated rings. The second-order valence-electron chi connectivity index (χ2n) is 5.66. The summed E-state index contributed by atoms with van der Waals surface area (Å²) in [6.45, 7) is 9.54. The van der Waals surface area contributed by atoms with Crippen LogP contribution in [0.2, 0.25) is 0 Å². The van der Waals surface area contributed by atoms with E-state index in [-0.39, 0.29) is 6.79 Å². The van der Waals surface area contributed by atoms with Crippen molar-refractivity contribution in [3.63, 3.8) is 0 Å². The Hall–Kier alpha value is -1.26. The van der Waals surface area contributed by atoms with E-state index in [1.807, 2.05) is 18.2 Å². The summed E-state index contributed by atoms with van der Waals surface area (Å²) in [5.41, 5.74) is 0.891. The van der Waals surface area contributed by atoms with E-state index in [9.17, 15) is 5.11 Å². The van der Waals surface area contributed by atoms with Gasteiger partial charge < -0.3 is 19.5 Å². The molecule has 1 heterocycles. The Morgan fingerprint density at radius 1 is 1.10 bits per heavy atom. The molecule has 0 amide bonds. The average Bonchev–Trinajstić information content (AvgIpc) is 2.98. The second-order valence-corrected chi connectivity index (χ2v) is 5.66. The van der Waals surface area contributed by atoms with Gasteiger partial charge in [0.25, 0.3) is 0 Å². The zero-order valence-electron chi connectivity index (χ0n) is 13.3. The minimum Gasteiger partial charge on any atom is -0.454 e. The summed E-state index contributed by atoms with van der Waals surface area (Å²) in [5.74, 6) is 2.19. The molecular formula is C17H27NO3. The number of hydrogen-bond acceptors (Lipinski definition) is 4. The van der Waals surface area contributed by atoms with E-state index in [2.05, 4.69) is 25.7 Å². The SMILES string of the molecule is CCC(CC)CN(CC)CC(O)c1ccc2c(c1)OCO2. The highest BCUT2D eigenvalue weighted by molar-refractivity contribution is 5.45. The average molecular weight is 293 g/mol. The van der Waals surface area contributed by atoms with Crippen LogP contribution in [0, 0.1) is 5.92 Å². The van der Waals surface area contributed by atoms with E-state index >= 15 is 0 Å². The largest absolute Gasteiger partial charge is 0.454 e. The quantitative estimate of drug-likeness (QED) is 0.799. The zero-order valence-corrected chi connectivity index (χ0v) is 13.3. The van der Waals surface area contributed by atoms with E-state index in [0.717, 1.165) is 30.2 Å². The van der Waals surface area contributed by atoms with Crippen LogP contribution >= 0.6 is 0 Å². The molecule has 118 valence electrons. The minimum atomic E-state index is -0.492. The van der Waals surface area contributed by atoms with Crippen LogP contribution in [-0.4, -0.2) is 36.4 Å². The number of benzene rings is 1. The van der Waals surface area contributed by atoms with Crippen LogP contribution in [-0.2, 0) is 0 Å². The highest BCUT2D eigenvalue weighted by atomic mass is 16.7. The van der Waals surface area contributed by atoms with Crippen molar-refractivity contribution in [3.05, 3.63) is 23.8 Å². The molecule has 1 aromatic rings. The summed E-state index contributed by atoms with van der Waals surface area (Å²) in [7, 11) is 0. The van der Waals surface area contributed by atoms with Crippen LogP contribution < -0.4 is 9.47 Å². The number of aliphatic hydroxyl groups excluding tert-OH is 1. The van der Waals surface area contributed by atoms with Crippen LogP contribution in [0.25, 0.3) is 0 Å². The molecule has 2 rings (SSSR count). The third-order valence-electron chi connectivity index (χ3n) is 4.33. The monoisotopic (exact) mass is 293 g/mol. The lowest BCUT2D eigenvalue weighted by Crippen LogP contribution is -2.33. The first kappa shape index (κ1) is 16.1. The predicted molar refractivity (Wildman–Crippen MR) is 83.7 cm³/mol. The van der Waals surface area contributed by atoms with Gasteiger partial charge in [0, 0.05) is 13.1 Å². The summed E-state index contributed by atoms with van der Waals surface area (Å²) < 4.78 is 10.7. The lowest BCUT2D eigenvalue weighted by Gasteiger charge is -2.27. The second kappa shape index (κ2) is 7.66. The molecule has 0 bridgehead atoms. The summed E-state index contributed by atoms with van der Waals surface area (Å²) in [5, 5.41) is 10.5. The first-order valence-corrected chi connectivity index (χ1v) is 7.97. The highest BCUT2D eigenvalue weighted by Crippen LogP contribution is 2.34. The Balaban J connectivity index is 1.97. The van der Waals surface area contributed by atoms with Crippen LogP contribution in [0.1, 0.15) is 45.3 Å². The first-order chi connectivity index (χ1) is 10.2. The molecule has 0 radical (unpaired) electrons. The molecule has 0 aromatic heterocycles. The number of likely N-dealkylation sites (N-methyl/N-ethyl adjacent to an activating group) is 1. The van der Waals surface area contributed by atoms with Crippen molar-refractivity contribution in [1.82, 2.24) is 4.90 Å². The number of rotatable bonds is 8. The molecule has 0 aliphatic carbocycles. The Labute approximate surface area is 127 Å². The molecule has 1 aromatic carbocycles. The van der Waals surface area contributed by atoms with Crippen molar-refractivity contribution < 1.29 is 14.6 Å². The van der Waals surface area contributed by atoms with Crippen molar-refractivity contribution in [3.8, 4) is 11.5 Å². The predicted octanol–water partition coefficient (Wildman–Crippen LogP) is 3.21. The molecule has 4 heteroatoms. The van der Waals surface area contributed by atoms with Crippen LogP contribution in [0.5, 0.6) is 11.5 Å². The van der Waals surface area contributed by atoms with Gasteiger partial charge >= 0.3 is 0 Å². The molecule has 1 aliphatic rings. The summed E-state index contributed by atoms with van der Waals surface area (Å²) in [6, 6.07) is 5.68. The normalized spacial score (nSPS) is 15.0. The van der Waals surface area contributed by atoms with Gasteiger partial charge in [-0.3, -0.25) is 0 Å². The van der Waals surface area contributed by atoms with Gasteiger partial charge in [0.15, 0.2) is 11.5 Å². The summed E-state index contributed by atoms with van der Waals surface area (Å²) in [6.07, 6.45) is 1.88. The molecule has 1 atom stereocenters. The number of fused-ring (bicyclic) bond motifs is 1. The maximum absolute atomic E-state index is 10.5. The van der Waals surface area contributed by atoms with Crippen molar-refractivity contribution in [2.24, 2.45) is 5.92 Å². The summed E-state index contributed by atoms with van der Waals surface area (Å²) >= 11 is 0. The Morgan fingerprint density at radius 2 is 1.81 bits per heavy atom.